The molecule has 5 aromatic rings. The molecule has 2 aromatic heterocycles. The summed E-state index contributed by atoms with van der Waals surface area (Å²) < 4.78 is 20.2. The molecule has 0 spiro atoms. The second kappa shape index (κ2) is 9.72. The monoisotopic (exact) mass is 484 g/mol. The van der Waals surface area contributed by atoms with Crippen molar-refractivity contribution in [3.63, 3.8) is 0 Å². The highest BCUT2D eigenvalue weighted by Crippen LogP contribution is 2.24. The molecule has 0 amide bonds. The van der Waals surface area contributed by atoms with Crippen LogP contribution in [-0.2, 0) is 20.0 Å². The number of hydrogen-bond acceptors (Lipinski definition) is 3. The van der Waals surface area contributed by atoms with Crippen LogP contribution in [-0.4, -0.2) is 13.9 Å². The number of benzene rings is 3. The zero-order valence-corrected chi connectivity index (χ0v) is 20.4. The second-order valence-corrected chi connectivity index (χ2v) is 9.13. The van der Waals surface area contributed by atoms with Crippen LogP contribution in [0, 0.1) is 12.7 Å². The maximum absolute atomic E-state index is 14.7. The smallest absolute Gasteiger partial charge is 0.297 e. The zero-order chi connectivity index (χ0) is 24.4. The van der Waals surface area contributed by atoms with E-state index < -0.39 is 0 Å². The molecule has 0 bridgehead atoms. The lowest BCUT2D eigenvalue weighted by molar-refractivity contribution is 0.624. The molecule has 5 nitrogen and oxygen atoms in total. The molecule has 0 N–H and O–H groups in total. The summed E-state index contributed by atoms with van der Waals surface area (Å²) >= 11 is 1.41. The van der Waals surface area contributed by atoms with Gasteiger partial charge in [0, 0.05) is 24.5 Å². The molecular weight excluding hydrogens is 459 g/mol. The highest BCUT2D eigenvalue weighted by atomic mass is 32.1. The van der Waals surface area contributed by atoms with Crippen molar-refractivity contribution in [2.24, 2.45) is 12.0 Å². The molecule has 0 saturated carbocycles. The van der Waals surface area contributed by atoms with E-state index in [2.05, 4.69) is 12.1 Å². The number of aromatic nitrogens is 3. The first kappa shape index (κ1) is 22.8. The molecule has 2 heterocycles. The van der Waals surface area contributed by atoms with Gasteiger partial charge in [0.25, 0.3) is 5.56 Å². The van der Waals surface area contributed by atoms with E-state index >= 15 is 0 Å². The normalized spacial score (nSPS) is 11.8. The summed E-state index contributed by atoms with van der Waals surface area (Å²) in [4.78, 5) is 18.9. The lowest BCUT2D eigenvalue weighted by atomic mass is 10.1. The van der Waals surface area contributed by atoms with E-state index in [4.69, 9.17) is 4.99 Å². The van der Waals surface area contributed by atoms with Gasteiger partial charge < -0.3 is 4.57 Å². The average molecular weight is 485 g/mol. The minimum Gasteiger partial charge on any atom is -0.316 e. The predicted molar refractivity (Wildman–Crippen MR) is 139 cm³/mol. The van der Waals surface area contributed by atoms with Gasteiger partial charge in [-0.3, -0.25) is 9.48 Å². The van der Waals surface area contributed by atoms with Crippen LogP contribution in [0.5, 0.6) is 0 Å². The van der Waals surface area contributed by atoms with E-state index in [9.17, 15) is 9.18 Å². The highest BCUT2D eigenvalue weighted by Gasteiger charge is 2.17. The highest BCUT2D eigenvalue weighted by molar-refractivity contribution is 7.07. The Labute approximate surface area is 206 Å². The van der Waals surface area contributed by atoms with Crippen LogP contribution >= 0.6 is 11.3 Å². The van der Waals surface area contributed by atoms with Gasteiger partial charge in [-0.1, -0.05) is 60.7 Å². The first-order valence-electron chi connectivity index (χ1n) is 11.4. The Bertz CT molecular complexity index is 1590. The minimum absolute atomic E-state index is 0.188. The number of hydrogen-bond donors (Lipinski definition) is 0. The first-order chi connectivity index (χ1) is 17.0. The Morgan fingerprint density at radius 1 is 0.914 bits per heavy atom. The number of para-hydroxylation sites is 1. The second-order valence-electron chi connectivity index (χ2n) is 8.29. The van der Waals surface area contributed by atoms with Crippen molar-refractivity contribution >= 4 is 17.0 Å². The Morgan fingerprint density at radius 3 is 2.29 bits per heavy atom. The Hall–Kier alpha value is -3.97. The summed E-state index contributed by atoms with van der Waals surface area (Å²) in [6, 6.07) is 26.4. The molecule has 7 heteroatoms. The van der Waals surface area contributed by atoms with Crippen LogP contribution in [0.4, 0.5) is 10.1 Å². The van der Waals surface area contributed by atoms with Crippen molar-refractivity contribution in [3.8, 4) is 16.9 Å². The summed E-state index contributed by atoms with van der Waals surface area (Å²) in [5.74, 6) is -0.285. The van der Waals surface area contributed by atoms with Crippen LogP contribution in [0.2, 0.25) is 0 Å². The van der Waals surface area contributed by atoms with Crippen molar-refractivity contribution in [3.05, 3.63) is 123 Å². The fraction of sp³-hybridized carbons (Fsp3) is 0.143. The van der Waals surface area contributed by atoms with Crippen LogP contribution in [0.25, 0.3) is 16.9 Å². The molecule has 176 valence electrons. The molecular formula is C28H25FN4OS. The van der Waals surface area contributed by atoms with Gasteiger partial charge in [0.2, 0.25) is 0 Å². The van der Waals surface area contributed by atoms with Gasteiger partial charge in [0.15, 0.2) is 10.5 Å². The summed E-state index contributed by atoms with van der Waals surface area (Å²) in [6.07, 6.45) is 0.758. The van der Waals surface area contributed by atoms with Crippen LogP contribution in [0.1, 0.15) is 11.3 Å². The largest absolute Gasteiger partial charge is 0.316 e. The molecule has 35 heavy (non-hydrogen) atoms. The molecule has 0 fully saturated rings. The van der Waals surface area contributed by atoms with E-state index in [1.807, 2.05) is 83.2 Å². The Morgan fingerprint density at radius 2 is 1.57 bits per heavy atom. The van der Waals surface area contributed by atoms with Crippen molar-refractivity contribution < 1.29 is 4.39 Å². The SMILES string of the molecule is Cc1c(N=c2scc(-c3ccccc3F)n2CCc2ccccc2)c(=O)n(-c2ccccc2)n1C. The van der Waals surface area contributed by atoms with Crippen molar-refractivity contribution in [1.82, 2.24) is 13.9 Å². The van der Waals surface area contributed by atoms with Crippen molar-refractivity contribution in [1.29, 1.82) is 0 Å². The summed E-state index contributed by atoms with van der Waals surface area (Å²) in [5.41, 5.74) is 4.18. The van der Waals surface area contributed by atoms with Crippen LogP contribution in [0.3, 0.4) is 0 Å². The standard InChI is InChI=1S/C28H25FN4OS/c1-20-26(27(34)33(31(20)2)22-13-7-4-8-14-22)30-28-32(18-17-21-11-5-3-6-12-21)25(19-35-28)23-15-9-10-16-24(23)29/h3-16,19H,17-18H2,1-2H3. The topological polar surface area (TPSA) is 44.2 Å². The maximum Gasteiger partial charge on any atom is 0.297 e. The number of thiazole rings is 1. The van der Waals surface area contributed by atoms with Gasteiger partial charge in [-0.25, -0.2) is 14.1 Å². The quantitative estimate of drug-likeness (QED) is 0.308. The molecule has 0 aliphatic rings. The van der Waals surface area contributed by atoms with E-state index in [0.717, 1.165) is 23.5 Å². The summed E-state index contributed by atoms with van der Waals surface area (Å²) in [5, 5.41) is 1.91. The van der Waals surface area contributed by atoms with E-state index in [1.54, 1.807) is 16.8 Å². The summed E-state index contributed by atoms with van der Waals surface area (Å²) in [6.45, 7) is 2.49. The third-order valence-corrected chi connectivity index (χ3v) is 7.01. The van der Waals surface area contributed by atoms with Gasteiger partial charge in [0.05, 0.1) is 17.1 Å². The van der Waals surface area contributed by atoms with Crippen molar-refractivity contribution in [2.75, 3.05) is 0 Å². The lowest BCUT2D eigenvalue weighted by Crippen LogP contribution is -2.20. The van der Waals surface area contributed by atoms with Crippen LogP contribution < -0.4 is 10.4 Å². The molecule has 0 aliphatic heterocycles. The third-order valence-electron chi connectivity index (χ3n) is 6.15. The fourth-order valence-electron chi connectivity index (χ4n) is 4.18. The van der Waals surface area contributed by atoms with E-state index in [0.29, 0.717) is 22.6 Å². The Kier molecular flexibility index (Phi) is 6.33. The van der Waals surface area contributed by atoms with E-state index in [-0.39, 0.29) is 11.4 Å². The first-order valence-corrected chi connectivity index (χ1v) is 12.3. The van der Waals surface area contributed by atoms with Crippen LogP contribution in [0.15, 0.2) is 100 Å². The number of halogens is 1. The Balaban J connectivity index is 1.66. The maximum atomic E-state index is 14.7. The number of rotatable bonds is 6. The van der Waals surface area contributed by atoms with Gasteiger partial charge in [0.1, 0.15) is 5.82 Å². The van der Waals surface area contributed by atoms with Gasteiger partial charge in [-0.2, -0.15) is 0 Å². The molecule has 0 atom stereocenters. The molecule has 0 unspecified atom stereocenters. The van der Waals surface area contributed by atoms with Gasteiger partial charge >= 0.3 is 0 Å². The zero-order valence-electron chi connectivity index (χ0n) is 19.6. The number of nitrogens with zero attached hydrogens (tertiary/aromatic N) is 4. The minimum atomic E-state index is -0.285. The molecule has 5 rings (SSSR count). The predicted octanol–water partition coefficient (Wildman–Crippen LogP) is 5.63. The van der Waals surface area contributed by atoms with E-state index in [1.165, 1.54) is 23.0 Å². The third kappa shape index (κ3) is 4.42. The number of aryl methyl sites for hydroxylation is 1. The van der Waals surface area contributed by atoms with Crippen molar-refractivity contribution in [2.45, 2.75) is 19.9 Å². The summed E-state index contributed by atoms with van der Waals surface area (Å²) in [7, 11) is 1.85. The molecule has 0 aliphatic carbocycles. The molecule has 0 radical (unpaired) electrons. The van der Waals surface area contributed by atoms with Gasteiger partial charge in [-0.15, -0.1) is 11.3 Å². The lowest BCUT2D eigenvalue weighted by Gasteiger charge is -2.10. The molecule has 0 saturated heterocycles. The average Bonchev–Trinajstić information content (AvgIpc) is 3.37. The molecule has 3 aromatic carbocycles. The van der Waals surface area contributed by atoms with Gasteiger partial charge in [-0.05, 0) is 43.2 Å². The fourth-order valence-corrected chi connectivity index (χ4v) is 5.12.